The third kappa shape index (κ3) is 5.36. The average Bonchev–Trinajstić information content (AvgIpc) is 2.87. The van der Waals surface area contributed by atoms with Crippen LogP contribution in [0.4, 0.5) is 22.7 Å². The Balaban J connectivity index is 1.26. The molecule has 0 amide bonds. The van der Waals surface area contributed by atoms with Crippen molar-refractivity contribution >= 4 is 39.4 Å². The standard InChI is InChI=1S/C30H26N4O/c1-21-6-11-28-27(18-21)29(12-15-31-28)33-24-9-7-22(8-10-24)19-30(35)23-4-3-5-26(20-23)32-25-13-16-34(2)17-14-25/h3-18,20H,19H2,1-2H3,(H,31,33)/p+1. The number of Topliss-reactive ketones (excluding diaryl/α,β-unsaturated/α-hetero) is 1. The number of hydrogen-bond donors (Lipinski definition) is 2. The minimum atomic E-state index is 0.0874. The lowest BCUT2D eigenvalue weighted by Crippen LogP contribution is -2.25. The van der Waals surface area contributed by atoms with Gasteiger partial charge in [-0.05, 0) is 55.0 Å². The highest BCUT2D eigenvalue weighted by Gasteiger charge is 2.09. The monoisotopic (exact) mass is 459 g/mol. The first-order valence-electron chi connectivity index (χ1n) is 11.6. The zero-order chi connectivity index (χ0) is 24.2. The van der Waals surface area contributed by atoms with Crippen LogP contribution in [0.3, 0.4) is 0 Å². The van der Waals surface area contributed by atoms with Crippen molar-refractivity contribution in [3.63, 3.8) is 0 Å². The quantitative estimate of drug-likeness (QED) is 0.222. The minimum absolute atomic E-state index is 0.0874. The van der Waals surface area contributed by atoms with Gasteiger partial charge in [0.15, 0.2) is 18.2 Å². The number of carbonyl (C=O) groups is 1. The summed E-state index contributed by atoms with van der Waals surface area (Å²) in [5.41, 5.74) is 7.68. The Kier molecular flexibility index (Phi) is 6.22. The lowest BCUT2D eigenvalue weighted by molar-refractivity contribution is -0.671. The summed E-state index contributed by atoms with van der Waals surface area (Å²) in [4.78, 5) is 17.4. The molecule has 0 saturated carbocycles. The molecule has 0 fully saturated rings. The number of pyridine rings is 2. The molecule has 2 heterocycles. The largest absolute Gasteiger partial charge is 0.355 e. The predicted molar refractivity (Wildman–Crippen MR) is 142 cm³/mol. The van der Waals surface area contributed by atoms with Crippen LogP contribution in [0.5, 0.6) is 0 Å². The van der Waals surface area contributed by atoms with E-state index in [2.05, 4.69) is 34.7 Å². The number of rotatable bonds is 7. The Labute approximate surface area is 205 Å². The molecule has 5 rings (SSSR count). The van der Waals surface area contributed by atoms with Crippen molar-refractivity contribution in [1.82, 2.24) is 4.98 Å². The van der Waals surface area contributed by atoms with E-state index in [1.54, 1.807) is 0 Å². The first-order valence-corrected chi connectivity index (χ1v) is 11.6. The first kappa shape index (κ1) is 22.3. The third-order valence-corrected chi connectivity index (χ3v) is 5.95. The summed E-state index contributed by atoms with van der Waals surface area (Å²) in [6, 6.07) is 27.9. The Morgan fingerprint density at radius 1 is 0.829 bits per heavy atom. The summed E-state index contributed by atoms with van der Waals surface area (Å²) in [6.07, 6.45) is 6.12. The van der Waals surface area contributed by atoms with E-state index in [4.69, 9.17) is 0 Å². The molecule has 5 aromatic rings. The number of aryl methyl sites for hydroxylation is 2. The van der Waals surface area contributed by atoms with Crippen molar-refractivity contribution in [2.45, 2.75) is 13.3 Å². The summed E-state index contributed by atoms with van der Waals surface area (Å²) in [5, 5.41) is 7.93. The topological polar surface area (TPSA) is 57.9 Å². The van der Waals surface area contributed by atoms with E-state index in [1.165, 1.54) is 5.56 Å². The number of hydrogen-bond acceptors (Lipinski definition) is 4. The molecule has 0 atom stereocenters. The molecule has 5 nitrogen and oxygen atoms in total. The normalized spacial score (nSPS) is 10.8. The molecule has 0 spiro atoms. The van der Waals surface area contributed by atoms with Gasteiger partial charge in [-0.25, -0.2) is 4.57 Å². The van der Waals surface area contributed by atoms with Crippen molar-refractivity contribution in [3.05, 3.63) is 120 Å². The highest BCUT2D eigenvalue weighted by atomic mass is 16.1. The summed E-state index contributed by atoms with van der Waals surface area (Å²) >= 11 is 0. The fraction of sp³-hybridized carbons (Fsp3) is 0.100. The van der Waals surface area contributed by atoms with Crippen LogP contribution in [-0.2, 0) is 13.5 Å². The summed E-state index contributed by atoms with van der Waals surface area (Å²) in [6.45, 7) is 2.08. The summed E-state index contributed by atoms with van der Waals surface area (Å²) in [5.74, 6) is 0.0874. The molecule has 0 aliphatic heterocycles. The maximum Gasteiger partial charge on any atom is 0.170 e. The van der Waals surface area contributed by atoms with Gasteiger partial charge < -0.3 is 10.6 Å². The van der Waals surface area contributed by atoms with Gasteiger partial charge in [-0.1, -0.05) is 35.9 Å². The van der Waals surface area contributed by atoms with Crippen LogP contribution in [0.15, 0.2) is 104 Å². The van der Waals surface area contributed by atoms with Crippen LogP contribution < -0.4 is 15.2 Å². The van der Waals surface area contributed by atoms with Crippen LogP contribution in [0.25, 0.3) is 10.9 Å². The van der Waals surface area contributed by atoms with Gasteiger partial charge in [0.1, 0.15) is 7.05 Å². The van der Waals surface area contributed by atoms with Crippen molar-refractivity contribution in [2.75, 3.05) is 10.6 Å². The molecule has 2 aromatic heterocycles. The van der Waals surface area contributed by atoms with Gasteiger partial charge in [-0.3, -0.25) is 9.78 Å². The molecule has 35 heavy (non-hydrogen) atoms. The molecule has 0 unspecified atom stereocenters. The molecule has 3 aromatic carbocycles. The summed E-state index contributed by atoms with van der Waals surface area (Å²) < 4.78 is 1.98. The van der Waals surface area contributed by atoms with Crippen molar-refractivity contribution in [1.29, 1.82) is 0 Å². The van der Waals surface area contributed by atoms with E-state index < -0.39 is 0 Å². The Bertz CT molecular complexity index is 1490. The number of fused-ring (bicyclic) bond motifs is 1. The number of anilines is 4. The van der Waals surface area contributed by atoms with Gasteiger partial charge in [0.2, 0.25) is 0 Å². The Morgan fingerprint density at radius 2 is 1.60 bits per heavy atom. The van der Waals surface area contributed by atoms with Gasteiger partial charge in [0.25, 0.3) is 0 Å². The van der Waals surface area contributed by atoms with Crippen LogP contribution in [0.1, 0.15) is 21.5 Å². The SMILES string of the molecule is Cc1ccc2nccc(Nc3ccc(CC(=O)c4cccc(Nc5cc[n+](C)cc5)c4)cc3)c2c1. The van der Waals surface area contributed by atoms with E-state index in [0.717, 1.165) is 39.2 Å². The van der Waals surface area contributed by atoms with Crippen molar-refractivity contribution < 1.29 is 9.36 Å². The van der Waals surface area contributed by atoms with Gasteiger partial charge in [0.05, 0.1) is 11.2 Å². The molecular formula is C30H27N4O+. The second-order valence-electron chi connectivity index (χ2n) is 8.76. The minimum Gasteiger partial charge on any atom is -0.355 e. The number of nitrogens with one attached hydrogen (secondary N) is 2. The van der Waals surface area contributed by atoms with Gasteiger partial charge in [-0.15, -0.1) is 0 Å². The molecule has 5 heteroatoms. The van der Waals surface area contributed by atoms with Crippen molar-refractivity contribution in [2.24, 2.45) is 7.05 Å². The van der Waals surface area contributed by atoms with E-state index in [1.807, 2.05) is 103 Å². The Hall–Kier alpha value is -4.51. The lowest BCUT2D eigenvalue weighted by atomic mass is 10.0. The number of benzene rings is 3. The van der Waals surface area contributed by atoms with Crippen molar-refractivity contribution in [3.8, 4) is 0 Å². The van der Waals surface area contributed by atoms with E-state index >= 15 is 0 Å². The Morgan fingerprint density at radius 3 is 2.40 bits per heavy atom. The van der Waals surface area contributed by atoms with E-state index in [9.17, 15) is 4.79 Å². The number of aromatic nitrogens is 2. The molecule has 2 N–H and O–H groups in total. The fourth-order valence-electron chi connectivity index (χ4n) is 4.04. The predicted octanol–water partition coefficient (Wildman–Crippen LogP) is 6.28. The molecule has 172 valence electrons. The number of ketones is 1. The summed E-state index contributed by atoms with van der Waals surface area (Å²) in [7, 11) is 1.98. The van der Waals surface area contributed by atoms with Gasteiger partial charge in [-0.2, -0.15) is 0 Å². The molecule has 0 aliphatic rings. The first-order chi connectivity index (χ1) is 17.0. The van der Waals surface area contributed by atoms with Gasteiger partial charge >= 0.3 is 0 Å². The van der Waals surface area contributed by atoms with Crippen LogP contribution >= 0.6 is 0 Å². The zero-order valence-electron chi connectivity index (χ0n) is 19.8. The fourth-order valence-corrected chi connectivity index (χ4v) is 4.04. The molecular weight excluding hydrogens is 432 g/mol. The molecule has 0 aliphatic carbocycles. The van der Waals surface area contributed by atoms with Gasteiger partial charge in [0, 0.05) is 52.8 Å². The second kappa shape index (κ2) is 9.77. The number of carbonyl (C=O) groups excluding carboxylic acids is 1. The van der Waals surface area contributed by atoms with Crippen LogP contribution in [0.2, 0.25) is 0 Å². The maximum absolute atomic E-state index is 13.0. The van der Waals surface area contributed by atoms with Crippen LogP contribution in [-0.4, -0.2) is 10.8 Å². The molecule has 0 saturated heterocycles. The molecule has 0 radical (unpaired) electrons. The van der Waals surface area contributed by atoms with Crippen LogP contribution in [0, 0.1) is 6.92 Å². The average molecular weight is 460 g/mol. The number of nitrogens with zero attached hydrogens (tertiary/aromatic N) is 2. The molecule has 0 bridgehead atoms. The third-order valence-electron chi connectivity index (χ3n) is 5.95. The zero-order valence-corrected chi connectivity index (χ0v) is 19.8. The highest BCUT2D eigenvalue weighted by Crippen LogP contribution is 2.26. The second-order valence-corrected chi connectivity index (χ2v) is 8.76. The van der Waals surface area contributed by atoms with E-state index in [0.29, 0.717) is 12.0 Å². The maximum atomic E-state index is 13.0. The highest BCUT2D eigenvalue weighted by molar-refractivity contribution is 5.98. The van der Waals surface area contributed by atoms with E-state index in [-0.39, 0.29) is 5.78 Å². The smallest absolute Gasteiger partial charge is 0.170 e. The lowest BCUT2D eigenvalue weighted by Gasteiger charge is -2.11.